The zero-order chi connectivity index (χ0) is 22.2. The lowest BCUT2D eigenvalue weighted by atomic mass is 10.1. The minimum atomic E-state index is -3.98. The van der Waals surface area contributed by atoms with Gasteiger partial charge >= 0.3 is 6.03 Å². The molecule has 4 rings (SSSR count). The Balaban J connectivity index is 1.61. The molecule has 1 aromatic heterocycles. The van der Waals surface area contributed by atoms with E-state index in [1.54, 1.807) is 7.05 Å². The van der Waals surface area contributed by atoms with Crippen LogP contribution in [0.4, 0.5) is 10.5 Å². The maximum atomic E-state index is 13.3. The molecule has 1 aliphatic heterocycles. The van der Waals surface area contributed by atoms with E-state index < -0.39 is 16.1 Å². The van der Waals surface area contributed by atoms with Crippen LogP contribution in [0.2, 0.25) is 0 Å². The van der Waals surface area contributed by atoms with E-state index in [0.717, 1.165) is 21.0 Å². The van der Waals surface area contributed by atoms with Gasteiger partial charge in [0, 0.05) is 20.1 Å². The summed E-state index contributed by atoms with van der Waals surface area (Å²) in [6, 6.07) is 15.5. The number of rotatable bonds is 6. The molecule has 8 heteroatoms. The number of carbonyl (C=O) groups excluding carboxylic acids is 1. The van der Waals surface area contributed by atoms with E-state index in [0.29, 0.717) is 25.1 Å². The molecule has 3 aromatic rings. The molecule has 0 aliphatic carbocycles. The molecule has 0 saturated heterocycles. The number of sulfonamides is 1. The van der Waals surface area contributed by atoms with Gasteiger partial charge in [0.15, 0.2) is 5.03 Å². The molecule has 0 atom stereocenters. The van der Waals surface area contributed by atoms with Crippen LogP contribution in [0.3, 0.4) is 0 Å². The van der Waals surface area contributed by atoms with Crippen LogP contribution >= 0.6 is 0 Å². The summed E-state index contributed by atoms with van der Waals surface area (Å²) < 4.78 is 28.8. The van der Waals surface area contributed by atoms with Crippen LogP contribution in [0.5, 0.6) is 0 Å². The lowest BCUT2D eigenvalue weighted by molar-refractivity contribution is 0.227. The zero-order valence-electron chi connectivity index (χ0n) is 17.9. The molecule has 0 N–H and O–H groups in total. The van der Waals surface area contributed by atoms with Gasteiger partial charge in [0.25, 0.3) is 10.0 Å². The number of amides is 2. The summed E-state index contributed by atoms with van der Waals surface area (Å²) in [5.74, 6) is 0. The minimum absolute atomic E-state index is 0.0555. The highest BCUT2D eigenvalue weighted by molar-refractivity contribution is 7.89. The lowest BCUT2D eigenvalue weighted by Gasteiger charge is -2.34. The Bertz CT molecular complexity index is 1200. The van der Waals surface area contributed by atoms with E-state index in [-0.39, 0.29) is 11.6 Å². The summed E-state index contributed by atoms with van der Waals surface area (Å²) in [7, 11) is -2.39. The summed E-state index contributed by atoms with van der Waals surface area (Å²) in [6.07, 6.45) is 2.52. The third kappa shape index (κ3) is 4.07. The number of aromatic nitrogens is 2. The highest BCUT2D eigenvalue weighted by atomic mass is 32.2. The number of nitrogens with zero attached hydrogens (tertiary/aromatic N) is 4. The molecule has 1 aliphatic rings. The number of fused-ring (bicyclic) bond motifs is 1. The quantitative estimate of drug-likeness (QED) is 0.591. The van der Waals surface area contributed by atoms with E-state index >= 15 is 0 Å². The number of aryl methyl sites for hydroxylation is 3. The van der Waals surface area contributed by atoms with Crippen LogP contribution in [0.25, 0.3) is 0 Å². The highest BCUT2D eigenvalue weighted by Gasteiger charge is 2.43. The molecule has 162 valence electrons. The SMILES string of the molecule is Cc1ccc(CCN2C(=O)N(CCc3ccc(C)cc3)S(=O)(=O)c3c2cnn3C)cc1. The van der Waals surface area contributed by atoms with Crippen LogP contribution in [0.15, 0.2) is 59.8 Å². The normalized spacial score (nSPS) is 15.3. The van der Waals surface area contributed by atoms with Gasteiger partial charge < -0.3 is 0 Å². The Labute approximate surface area is 183 Å². The van der Waals surface area contributed by atoms with Crippen molar-refractivity contribution in [2.45, 2.75) is 31.7 Å². The minimum Gasteiger partial charge on any atom is -0.289 e. The van der Waals surface area contributed by atoms with Gasteiger partial charge in [0.1, 0.15) is 5.69 Å². The van der Waals surface area contributed by atoms with Crippen LogP contribution in [-0.4, -0.2) is 41.6 Å². The van der Waals surface area contributed by atoms with Crippen molar-refractivity contribution in [1.82, 2.24) is 14.1 Å². The van der Waals surface area contributed by atoms with Crippen molar-refractivity contribution in [3.63, 3.8) is 0 Å². The topological polar surface area (TPSA) is 75.5 Å². The Hall–Kier alpha value is -3.13. The van der Waals surface area contributed by atoms with Crippen LogP contribution in [0, 0.1) is 13.8 Å². The largest absolute Gasteiger partial charge is 0.338 e. The smallest absolute Gasteiger partial charge is 0.289 e. The molecule has 0 bridgehead atoms. The monoisotopic (exact) mass is 438 g/mol. The van der Waals surface area contributed by atoms with Crippen molar-refractivity contribution < 1.29 is 13.2 Å². The van der Waals surface area contributed by atoms with Gasteiger partial charge in [-0.05, 0) is 37.8 Å². The molecular formula is C23H26N4O3S. The third-order valence-corrected chi connectivity index (χ3v) is 7.49. The zero-order valence-corrected chi connectivity index (χ0v) is 18.8. The van der Waals surface area contributed by atoms with Crippen molar-refractivity contribution in [2.24, 2.45) is 7.05 Å². The lowest BCUT2D eigenvalue weighted by Crippen LogP contribution is -2.52. The Kier molecular flexibility index (Phi) is 5.58. The first-order chi connectivity index (χ1) is 14.8. The van der Waals surface area contributed by atoms with Gasteiger partial charge in [-0.1, -0.05) is 59.7 Å². The summed E-state index contributed by atoms with van der Waals surface area (Å²) in [5.41, 5.74) is 4.71. The van der Waals surface area contributed by atoms with Gasteiger partial charge in [-0.25, -0.2) is 9.10 Å². The number of urea groups is 1. The van der Waals surface area contributed by atoms with E-state index in [9.17, 15) is 13.2 Å². The molecule has 31 heavy (non-hydrogen) atoms. The molecule has 0 saturated carbocycles. The average Bonchev–Trinajstić information content (AvgIpc) is 3.12. The van der Waals surface area contributed by atoms with Crippen LogP contribution in [-0.2, 0) is 29.9 Å². The molecule has 7 nitrogen and oxygen atoms in total. The van der Waals surface area contributed by atoms with Crippen molar-refractivity contribution in [1.29, 1.82) is 0 Å². The molecule has 2 heterocycles. The van der Waals surface area contributed by atoms with E-state index in [2.05, 4.69) is 5.10 Å². The van der Waals surface area contributed by atoms with Gasteiger partial charge in [-0.2, -0.15) is 13.5 Å². The number of anilines is 1. The molecule has 0 radical (unpaired) electrons. The summed E-state index contributed by atoms with van der Waals surface area (Å²) in [6.45, 7) is 4.47. The van der Waals surface area contributed by atoms with E-state index in [1.807, 2.05) is 62.4 Å². The second-order valence-corrected chi connectivity index (χ2v) is 9.72. The second-order valence-electron chi connectivity index (χ2n) is 7.94. The van der Waals surface area contributed by atoms with Crippen molar-refractivity contribution in [3.05, 3.63) is 77.0 Å². The standard InChI is InChI=1S/C23H26N4O3S/c1-17-4-8-19(9-5-17)12-14-26-21-16-24-25(3)22(21)31(29,30)27(23(26)28)15-13-20-10-6-18(2)7-11-20/h4-11,16H,12-15H2,1-3H3. The molecule has 0 unspecified atom stereocenters. The maximum absolute atomic E-state index is 13.3. The first kappa shape index (κ1) is 21.1. The molecular weight excluding hydrogens is 412 g/mol. The first-order valence-electron chi connectivity index (χ1n) is 10.2. The van der Waals surface area contributed by atoms with Gasteiger partial charge in [0.05, 0.1) is 6.20 Å². The molecule has 2 aromatic carbocycles. The fourth-order valence-corrected chi connectivity index (χ4v) is 5.41. The van der Waals surface area contributed by atoms with Crippen LogP contribution < -0.4 is 4.90 Å². The van der Waals surface area contributed by atoms with E-state index in [1.165, 1.54) is 21.3 Å². The molecule has 0 spiro atoms. The summed E-state index contributed by atoms with van der Waals surface area (Å²) in [5, 5.41) is 4.18. The Morgan fingerprint density at radius 1 is 0.839 bits per heavy atom. The molecule has 0 fully saturated rings. The van der Waals surface area contributed by atoms with Gasteiger partial charge in [-0.15, -0.1) is 0 Å². The predicted octanol–water partition coefficient (Wildman–Crippen LogP) is 3.45. The predicted molar refractivity (Wildman–Crippen MR) is 120 cm³/mol. The number of benzene rings is 2. The Morgan fingerprint density at radius 3 is 1.90 bits per heavy atom. The maximum Gasteiger partial charge on any atom is 0.338 e. The number of hydrogen-bond acceptors (Lipinski definition) is 4. The summed E-state index contributed by atoms with van der Waals surface area (Å²) >= 11 is 0. The fraction of sp³-hybridized carbons (Fsp3) is 0.304. The van der Waals surface area contributed by atoms with E-state index in [4.69, 9.17) is 0 Å². The van der Waals surface area contributed by atoms with Crippen LogP contribution in [0.1, 0.15) is 22.3 Å². The van der Waals surface area contributed by atoms with Crippen molar-refractivity contribution >= 4 is 21.7 Å². The van der Waals surface area contributed by atoms with Crippen molar-refractivity contribution in [2.75, 3.05) is 18.0 Å². The fourth-order valence-electron chi connectivity index (χ4n) is 3.76. The third-order valence-electron chi connectivity index (χ3n) is 5.60. The summed E-state index contributed by atoms with van der Waals surface area (Å²) in [4.78, 5) is 14.8. The second kappa shape index (κ2) is 8.19. The Morgan fingerprint density at radius 2 is 1.35 bits per heavy atom. The highest BCUT2D eigenvalue weighted by Crippen LogP contribution is 2.34. The van der Waals surface area contributed by atoms with Gasteiger partial charge in [0.2, 0.25) is 0 Å². The molecule has 2 amide bonds. The van der Waals surface area contributed by atoms with Crippen molar-refractivity contribution in [3.8, 4) is 0 Å². The first-order valence-corrected chi connectivity index (χ1v) is 11.7. The number of carbonyl (C=O) groups is 1. The van der Waals surface area contributed by atoms with Gasteiger partial charge in [-0.3, -0.25) is 9.58 Å². The number of hydrogen-bond donors (Lipinski definition) is 0. The average molecular weight is 439 g/mol.